The minimum atomic E-state index is 0.00408. The second kappa shape index (κ2) is 8.53. The van der Waals surface area contributed by atoms with Crippen LogP contribution in [0.15, 0.2) is 48.7 Å². The zero-order valence-electron chi connectivity index (χ0n) is 15.8. The predicted molar refractivity (Wildman–Crippen MR) is 109 cm³/mol. The van der Waals surface area contributed by atoms with E-state index in [2.05, 4.69) is 20.1 Å². The van der Waals surface area contributed by atoms with Crippen molar-refractivity contribution in [3.63, 3.8) is 0 Å². The van der Waals surface area contributed by atoms with Crippen molar-refractivity contribution in [2.45, 2.75) is 38.1 Å². The van der Waals surface area contributed by atoms with E-state index >= 15 is 0 Å². The number of amides is 1. The number of carbonyl (C=O) groups excluding carboxylic acids is 1. The van der Waals surface area contributed by atoms with E-state index in [1.165, 1.54) is 25.7 Å². The molecule has 5 heteroatoms. The van der Waals surface area contributed by atoms with E-state index in [-0.39, 0.29) is 5.91 Å². The molecule has 0 spiro atoms. The van der Waals surface area contributed by atoms with Crippen LogP contribution in [0.3, 0.4) is 0 Å². The summed E-state index contributed by atoms with van der Waals surface area (Å²) in [5.41, 5.74) is 1.84. The van der Waals surface area contributed by atoms with Gasteiger partial charge in [-0.25, -0.2) is 4.98 Å². The molecule has 142 valence electrons. The van der Waals surface area contributed by atoms with Gasteiger partial charge in [0.15, 0.2) is 0 Å². The Balaban J connectivity index is 1.33. The molecule has 2 fully saturated rings. The van der Waals surface area contributed by atoms with Gasteiger partial charge < -0.3 is 10.2 Å². The third kappa shape index (κ3) is 4.66. The predicted octanol–water partition coefficient (Wildman–Crippen LogP) is 3.33. The maximum Gasteiger partial charge on any atom is 0.228 e. The number of carbonyl (C=O) groups is 1. The van der Waals surface area contributed by atoms with Crippen LogP contribution in [0.5, 0.6) is 0 Å². The van der Waals surface area contributed by atoms with Crippen LogP contribution in [0.25, 0.3) is 0 Å². The van der Waals surface area contributed by atoms with E-state index < -0.39 is 0 Å². The molecule has 2 aliphatic rings. The fraction of sp³-hybridized carbons (Fsp3) is 0.455. The van der Waals surface area contributed by atoms with Gasteiger partial charge in [-0.3, -0.25) is 9.69 Å². The number of rotatable bonds is 5. The molecule has 4 rings (SSSR count). The molecule has 5 nitrogen and oxygen atoms in total. The summed E-state index contributed by atoms with van der Waals surface area (Å²) in [6, 6.07) is 14.5. The summed E-state index contributed by atoms with van der Waals surface area (Å²) in [7, 11) is 0. The zero-order chi connectivity index (χ0) is 18.5. The monoisotopic (exact) mass is 364 g/mol. The maximum absolute atomic E-state index is 12.3. The van der Waals surface area contributed by atoms with Gasteiger partial charge in [-0.05, 0) is 24.5 Å². The standard InChI is InChI=1S/C22H28N4O/c27-22(16-18-6-2-1-3-7-18)24-19-10-11-23-21(17-19)26-14-12-25(13-15-26)20-8-4-5-9-20/h1-3,6-7,10-11,17,20H,4-5,8-9,12-16H2,(H,23,24,27). The molecule has 1 saturated heterocycles. The third-order valence-corrected chi connectivity index (χ3v) is 5.72. The minimum absolute atomic E-state index is 0.00408. The smallest absolute Gasteiger partial charge is 0.228 e. The van der Waals surface area contributed by atoms with Crippen molar-refractivity contribution in [3.05, 3.63) is 54.2 Å². The largest absolute Gasteiger partial charge is 0.354 e. The lowest BCUT2D eigenvalue weighted by Crippen LogP contribution is -2.50. The van der Waals surface area contributed by atoms with Gasteiger partial charge in [-0.2, -0.15) is 0 Å². The van der Waals surface area contributed by atoms with Gasteiger partial charge in [-0.1, -0.05) is 43.2 Å². The van der Waals surface area contributed by atoms with Crippen molar-refractivity contribution < 1.29 is 4.79 Å². The Hall–Kier alpha value is -2.40. The van der Waals surface area contributed by atoms with Crippen LogP contribution in [0, 0.1) is 0 Å². The van der Waals surface area contributed by atoms with Gasteiger partial charge in [-0.15, -0.1) is 0 Å². The molecule has 2 aromatic rings. The van der Waals surface area contributed by atoms with Crippen LogP contribution in [-0.2, 0) is 11.2 Å². The number of hydrogen-bond acceptors (Lipinski definition) is 4. The highest BCUT2D eigenvalue weighted by atomic mass is 16.1. The fourth-order valence-corrected chi connectivity index (χ4v) is 4.24. The molecule has 1 amide bonds. The molecular weight excluding hydrogens is 336 g/mol. The average Bonchev–Trinajstić information content (AvgIpc) is 3.24. The van der Waals surface area contributed by atoms with Crippen molar-refractivity contribution in [2.24, 2.45) is 0 Å². The summed E-state index contributed by atoms with van der Waals surface area (Å²) in [5.74, 6) is 0.961. The second-order valence-electron chi connectivity index (χ2n) is 7.57. The molecule has 1 aromatic carbocycles. The lowest BCUT2D eigenvalue weighted by Gasteiger charge is -2.38. The number of hydrogen-bond donors (Lipinski definition) is 1. The molecule has 1 aromatic heterocycles. The minimum Gasteiger partial charge on any atom is -0.354 e. The summed E-state index contributed by atoms with van der Waals surface area (Å²) in [6.45, 7) is 4.23. The topological polar surface area (TPSA) is 48.5 Å². The van der Waals surface area contributed by atoms with Gasteiger partial charge in [0, 0.05) is 50.2 Å². The van der Waals surface area contributed by atoms with Crippen molar-refractivity contribution in [1.82, 2.24) is 9.88 Å². The average molecular weight is 364 g/mol. The highest BCUT2D eigenvalue weighted by molar-refractivity contribution is 5.92. The molecule has 1 aliphatic heterocycles. The lowest BCUT2D eigenvalue weighted by atomic mass is 10.1. The van der Waals surface area contributed by atoms with E-state index in [0.717, 1.165) is 49.3 Å². The van der Waals surface area contributed by atoms with Gasteiger partial charge >= 0.3 is 0 Å². The van der Waals surface area contributed by atoms with Crippen molar-refractivity contribution in [2.75, 3.05) is 36.4 Å². The Labute approximate surface area is 161 Å². The van der Waals surface area contributed by atoms with Crippen molar-refractivity contribution in [1.29, 1.82) is 0 Å². The maximum atomic E-state index is 12.3. The Morgan fingerprint density at radius 2 is 1.78 bits per heavy atom. The van der Waals surface area contributed by atoms with Crippen molar-refractivity contribution >= 4 is 17.4 Å². The normalized spacial score (nSPS) is 18.6. The van der Waals surface area contributed by atoms with Crippen LogP contribution >= 0.6 is 0 Å². The Morgan fingerprint density at radius 3 is 2.52 bits per heavy atom. The molecule has 0 atom stereocenters. The first-order chi connectivity index (χ1) is 13.3. The summed E-state index contributed by atoms with van der Waals surface area (Å²) >= 11 is 0. The van der Waals surface area contributed by atoms with E-state index in [1.54, 1.807) is 6.20 Å². The Kier molecular flexibility index (Phi) is 5.68. The number of benzene rings is 1. The molecule has 1 aliphatic carbocycles. The van der Waals surface area contributed by atoms with E-state index in [9.17, 15) is 4.79 Å². The van der Waals surface area contributed by atoms with Gasteiger partial charge in [0.05, 0.1) is 6.42 Å². The second-order valence-corrected chi connectivity index (χ2v) is 7.57. The van der Waals surface area contributed by atoms with Crippen LogP contribution in [0.4, 0.5) is 11.5 Å². The number of piperazine rings is 1. The van der Waals surface area contributed by atoms with Gasteiger partial charge in [0.2, 0.25) is 5.91 Å². The van der Waals surface area contributed by atoms with Crippen LogP contribution in [-0.4, -0.2) is 48.0 Å². The number of aromatic nitrogens is 1. The van der Waals surface area contributed by atoms with Gasteiger partial charge in [0.25, 0.3) is 0 Å². The van der Waals surface area contributed by atoms with E-state index in [4.69, 9.17) is 0 Å². The van der Waals surface area contributed by atoms with Crippen LogP contribution in [0.2, 0.25) is 0 Å². The van der Waals surface area contributed by atoms with Crippen LogP contribution < -0.4 is 10.2 Å². The van der Waals surface area contributed by atoms with Gasteiger partial charge in [0.1, 0.15) is 5.82 Å². The molecule has 0 bridgehead atoms. The number of nitrogens with one attached hydrogen (secondary N) is 1. The highest BCUT2D eigenvalue weighted by Gasteiger charge is 2.26. The summed E-state index contributed by atoms with van der Waals surface area (Å²) in [4.78, 5) is 21.8. The molecule has 2 heterocycles. The summed E-state index contributed by atoms with van der Waals surface area (Å²) in [5, 5.41) is 3.01. The lowest BCUT2D eigenvalue weighted by molar-refractivity contribution is -0.115. The van der Waals surface area contributed by atoms with E-state index in [1.807, 2.05) is 42.5 Å². The number of pyridine rings is 1. The quantitative estimate of drug-likeness (QED) is 0.884. The summed E-state index contributed by atoms with van der Waals surface area (Å²) < 4.78 is 0. The first-order valence-electron chi connectivity index (χ1n) is 10.1. The number of anilines is 2. The molecular formula is C22H28N4O. The first kappa shape index (κ1) is 18.0. The molecule has 1 saturated carbocycles. The fourth-order valence-electron chi connectivity index (χ4n) is 4.24. The molecule has 0 unspecified atom stereocenters. The molecule has 0 radical (unpaired) electrons. The Morgan fingerprint density at radius 1 is 1.04 bits per heavy atom. The van der Waals surface area contributed by atoms with E-state index in [0.29, 0.717) is 6.42 Å². The van der Waals surface area contributed by atoms with Crippen LogP contribution in [0.1, 0.15) is 31.2 Å². The third-order valence-electron chi connectivity index (χ3n) is 5.72. The number of nitrogens with zero attached hydrogens (tertiary/aromatic N) is 3. The molecule has 1 N–H and O–H groups in total. The van der Waals surface area contributed by atoms with Crippen molar-refractivity contribution in [3.8, 4) is 0 Å². The summed E-state index contributed by atoms with van der Waals surface area (Å²) in [6.07, 6.45) is 7.67. The highest BCUT2D eigenvalue weighted by Crippen LogP contribution is 2.25. The zero-order valence-corrected chi connectivity index (χ0v) is 15.8. The molecule has 27 heavy (non-hydrogen) atoms. The Bertz CT molecular complexity index is 750. The SMILES string of the molecule is O=C(Cc1ccccc1)Nc1ccnc(N2CCN(C3CCCC3)CC2)c1. The first-order valence-corrected chi connectivity index (χ1v) is 10.1.